The number of hydrogen-bond acceptors (Lipinski definition) is 7. The number of ether oxygens (including phenoxy) is 3. The molecular formula is C28H26F3N5O4. The third kappa shape index (κ3) is 4.37. The molecule has 1 atom stereocenters. The molecule has 0 aliphatic carbocycles. The summed E-state index contributed by atoms with van der Waals surface area (Å²) >= 11 is 0. The van der Waals surface area contributed by atoms with Gasteiger partial charge < -0.3 is 14.2 Å². The Balaban J connectivity index is 1.61. The number of rotatable bonds is 2. The first-order valence-corrected chi connectivity index (χ1v) is 12.7. The number of aryl methyl sites for hydroxylation is 1. The van der Waals surface area contributed by atoms with Crippen LogP contribution in [0.15, 0.2) is 36.7 Å². The molecule has 2 aliphatic rings. The average Bonchev–Trinajstić information content (AvgIpc) is 3.54. The Bertz CT molecular complexity index is 1650. The number of aromatic nitrogens is 4. The van der Waals surface area contributed by atoms with Gasteiger partial charge in [0.1, 0.15) is 29.2 Å². The van der Waals surface area contributed by atoms with Crippen molar-refractivity contribution in [3.8, 4) is 22.6 Å². The maximum absolute atomic E-state index is 15.4. The van der Waals surface area contributed by atoms with Crippen LogP contribution >= 0.6 is 0 Å². The second-order valence-corrected chi connectivity index (χ2v) is 10.8. The minimum Gasteiger partial charge on any atom is -0.493 e. The molecule has 0 spiro atoms. The Kier molecular flexibility index (Phi) is 6.08. The lowest BCUT2D eigenvalue weighted by Gasteiger charge is -2.29. The first-order chi connectivity index (χ1) is 19.0. The monoisotopic (exact) mass is 553 g/mol. The number of hydrogen-bond donors (Lipinski definition) is 0. The van der Waals surface area contributed by atoms with Gasteiger partial charge in [-0.3, -0.25) is 14.3 Å². The van der Waals surface area contributed by atoms with Crippen LogP contribution in [0.1, 0.15) is 55.6 Å². The zero-order chi connectivity index (χ0) is 28.3. The Morgan fingerprint density at radius 1 is 1.10 bits per heavy atom. The van der Waals surface area contributed by atoms with Crippen molar-refractivity contribution in [3.05, 3.63) is 65.0 Å². The molecule has 5 heterocycles. The molecule has 0 radical (unpaired) electrons. The lowest BCUT2D eigenvalue weighted by molar-refractivity contribution is 0.0574. The number of nitrogens with zero attached hydrogens (tertiary/aromatic N) is 5. The van der Waals surface area contributed by atoms with Gasteiger partial charge in [-0.1, -0.05) is 6.07 Å². The zero-order valence-electron chi connectivity index (χ0n) is 22.2. The summed E-state index contributed by atoms with van der Waals surface area (Å²) in [6.45, 7) is 6.92. The number of benzene rings is 1. The van der Waals surface area contributed by atoms with Crippen molar-refractivity contribution in [2.24, 2.45) is 0 Å². The molecule has 9 nitrogen and oxygen atoms in total. The summed E-state index contributed by atoms with van der Waals surface area (Å²) in [4.78, 5) is 19.0. The van der Waals surface area contributed by atoms with E-state index in [2.05, 4.69) is 15.2 Å². The van der Waals surface area contributed by atoms with Crippen LogP contribution in [0.25, 0.3) is 16.8 Å². The highest BCUT2D eigenvalue weighted by molar-refractivity contribution is 5.92. The molecule has 12 heteroatoms. The summed E-state index contributed by atoms with van der Waals surface area (Å²) in [6, 6.07) is 7.57. The van der Waals surface area contributed by atoms with Crippen molar-refractivity contribution in [3.63, 3.8) is 0 Å². The van der Waals surface area contributed by atoms with Gasteiger partial charge in [0.05, 0.1) is 25.7 Å². The highest BCUT2D eigenvalue weighted by Crippen LogP contribution is 2.44. The summed E-state index contributed by atoms with van der Waals surface area (Å²) in [5, 5.41) is 8.20. The van der Waals surface area contributed by atoms with E-state index in [1.165, 1.54) is 27.8 Å². The normalized spacial score (nSPS) is 16.5. The molecular weight excluding hydrogens is 527 g/mol. The number of fused-ring (bicyclic) bond motifs is 3. The maximum atomic E-state index is 15.4. The van der Waals surface area contributed by atoms with Crippen LogP contribution in [-0.2, 0) is 11.3 Å². The number of halogens is 3. The first-order valence-electron chi connectivity index (χ1n) is 12.7. The van der Waals surface area contributed by atoms with Gasteiger partial charge in [0, 0.05) is 27.9 Å². The van der Waals surface area contributed by atoms with E-state index in [1.54, 1.807) is 45.9 Å². The number of amides is 1. The van der Waals surface area contributed by atoms with E-state index < -0.39 is 29.6 Å². The van der Waals surface area contributed by atoms with E-state index in [0.717, 1.165) is 0 Å². The van der Waals surface area contributed by atoms with Crippen molar-refractivity contribution in [2.45, 2.75) is 52.2 Å². The van der Waals surface area contributed by atoms with Gasteiger partial charge in [-0.05, 0) is 52.0 Å². The number of carbonyl (C=O) groups is 1. The SMILES string of the molecule is Cc1ccc(-c2cc3c(n4cnnc24)N(C(=O)OC(C)(C)C)Cc2c(F)ccc4c2[C@H](CO4)CO3)c(C(F)F)n1. The molecule has 0 fully saturated rings. The summed E-state index contributed by atoms with van der Waals surface area (Å²) in [7, 11) is 0. The highest BCUT2D eigenvalue weighted by atomic mass is 19.3. The first kappa shape index (κ1) is 25.9. The minimum absolute atomic E-state index is 0.0829. The fraction of sp³-hybridized carbons (Fsp3) is 0.357. The number of carbonyl (C=O) groups excluding carboxylic acids is 1. The Hall–Kier alpha value is -4.35. The molecule has 1 aromatic carbocycles. The largest absolute Gasteiger partial charge is 0.493 e. The quantitative estimate of drug-likeness (QED) is 0.301. The molecule has 0 bridgehead atoms. The maximum Gasteiger partial charge on any atom is 0.416 e. The van der Waals surface area contributed by atoms with Gasteiger partial charge in [-0.15, -0.1) is 10.2 Å². The third-order valence-electron chi connectivity index (χ3n) is 6.81. The van der Waals surface area contributed by atoms with E-state index in [4.69, 9.17) is 14.2 Å². The summed E-state index contributed by atoms with van der Waals surface area (Å²) < 4.78 is 62.8. The summed E-state index contributed by atoms with van der Waals surface area (Å²) in [5.41, 5.74) is 0.655. The molecule has 1 amide bonds. The second kappa shape index (κ2) is 9.39. The Labute approximate surface area is 227 Å². The minimum atomic E-state index is -2.85. The summed E-state index contributed by atoms with van der Waals surface area (Å²) in [6.07, 6.45) is -2.27. The molecule has 40 heavy (non-hydrogen) atoms. The van der Waals surface area contributed by atoms with Crippen LogP contribution in [0.2, 0.25) is 0 Å². The van der Waals surface area contributed by atoms with E-state index in [0.29, 0.717) is 17.0 Å². The van der Waals surface area contributed by atoms with Crippen LogP contribution in [0.5, 0.6) is 11.5 Å². The lowest BCUT2D eigenvalue weighted by Crippen LogP contribution is -2.38. The topological polar surface area (TPSA) is 91.1 Å². The third-order valence-corrected chi connectivity index (χ3v) is 6.81. The fourth-order valence-electron chi connectivity index (χ4n) is 5.14. The van der Waals surface area contributed by atoms with Crippen LogP contribution in [0.3, 0.4) is 0 Å². The van der Waals surface area contributed by atoms with Crippen molar-refractivity contribution in [2.75, 3.05) is 18.1 Å². The molecule has 4 aromatic rings. The molecule has 0 N–H and O–H groups in total. The van der Waals surface area contributed by atoms with Crippen molar-refractivity contribution in [1.29, 1.82) is 0 Å². The fourth-order valence-corrected chi connectivity index (χ4v) is 5.14. The number of pyridine rings is 2. The van der Waals surface area contributed by atoms with Gasteiger partial charge in [0.2, 0.25) is 0 Å². The predicted octanol–water partition coefficient (Wildman–Crippen LogP) is 5.99. The van der Waals surface area contributed by atoms with Crippen LogP contribution in [0, 0.1) is 12.7 Å². The number of anilines is 1. The van der Waals surface area contributed by atoms with Crippen LogP contribution < -0.4 is 14.4 Å². The molecule has 208 valence electrons. The van der Waals surface area contributed by atoms with E-state index >= 15 is 4.39 Å². The van der Waals surface area contributed by atoms with Crippen molar-refractivity contribution in [1.82, 2.24) is 19.6 Å². The standard InChI is InChI=1S/C28H26F3N5O4/c1-14-5-6-16(23(33-14)24(30)31)17-9-21-26(36-13-32-34-25(17)36)35(27(37)40-28(2,3)4)10-18-19(29)7-8-20-22(18)15(11-38-20)12-39-21/h5-9,13,15,24H,10-12H2,1-4H3/t15-/m1/s1. The highest BCUT2D eigenvalue weighted by Gasteiger charge is 2.37. The van der Waals surface area contributed by atoms with Gasteiger partial charge in [-0.2, -0.15) is 0 Å². The Morgan fingerprint density at radius 3 is 2.58 bits per heavy atom. The van der Waals surface area contributed by atoms with Gasteiger partial charge in [-0.25, -0.2) is 18.0 Å². The summed E-state index contributed by atoms with van der Waals surface area (Å²) in [5.74, 6) is 0.0350. The van der Waals surface area contributed by atoms with Gasteiger partial charge in [0.15, 0.2) is 17.2 Å². The number of alkyl halides is 2. The molecule has 2 aliphatic heterocycles. The smallest absolute Gasteiger partial charge is 0.416 e. The second-order valence-electron chi connectivity index (χ2n) is 10.8. The van der Waals surface area contributed by atoms with E-state index in [9.17, 15) is 13.6 Å². The van der Waals surface area contributed by atoms with Crippen molar-refractivity contribution < 1.29 is 32.2 Å². The average molecular weight is 554 g/mol. The predicted molar refractivity (Wildman–Crippen MR) is 138 cm³/mol. The van der Waals surface area contributed by atoms with E-state index in [1.807, 2.05) is 0 Å². The Morgan fingerprint density at radius 2 is 1.85 bits per heavy atom. The molecule has 0 saturated heterocycles. The zero-order valence-corrected chi connectivity index (χ0v) is 22.2. The molecule has 0 unspecified atom stereocenters. The van der Waals surface area contributed by atoms with Crippen molar-refractivity contribution >= 4 is 17.6 Å². The van der Waals surface area contributed by atoms with Crippen LogP contribution in [-0.4, -0.2) is 44.5 Å². The molecule has 6 rings (SSSR count). The molecule has 0 saturated carbocycles. The molecule has 3 aromatic heterocycles. The van der Waals surface area contributed by atoms with E-state index in [-0.39, 0.29) is 59.6 Å². The van der Waals surface area contributed by atoms with Gasteiger partial charge >= 0.3 is 6.09 Å². The van der Waals surface area contributed by atoms with Crippen LogP contribution in [0.4, 0.5) is 23.8 Å². The van der Waals surface area contributed by atoms with Gasteiger partial charge in [0.25, 0.3) is 6.43 Å². The lowest BCUT2D eigenvalue weighted by atomic mass is 9.95.